The number of H-pyrrole nitrogens is 1. The summed E-state index contributed by atoms with van der Waals surface area (Å²) in [5.74, 6) is 0.906. The van der Waals surface area contributed by atoms with Crippen LogP contribution in [-0.4, -0.2) is 25.3 Å². The SMILES string of the molecule is COCCCCCCCCOc1cc[nH]c(=S)c1C. The first-order chi connectivity index (χ1) is 9.25. The number of rotatable bonds is 10. The molecule has 0 radical (unpaired) electrons. The summed E-state index contributed by atoms with van der Waals surface area (Å²) in [6.07, 6.45) is 9.18. The van der Waals surface area contributed by atoms with E-state index in [1.807, 2.05) is 19.2 Å². The Kier molecular flexibility index (Phi) is 8.50. The molecule has 1 heterocycles. The van der Waals surface area contributed by atoms with Crippen molar-refractivity contribution in [2.45, 2.75) is 45.4 Å². The molecule has 0 amide bonds. The van der Waals surface area contributed by atoms with Gasteiger partial charge in [-0.2, -0.15) is 0 Å². The Hall–Kier alpha value is -0.870. The molecule has 4 heteroatoms. The second kappa shape index (κ2) is 9.98. The maximum absolute atomic E-state index is 5.76. The topological polar surface area (TPSA) is 34.2 Å². The maximum Gasteiger partial charge on any atom is 0.126 e. The van der Waals surface area contributed by atoms with Crippen molar-refractivity contribution in [2.75, 3.05) is 20.3 Å². The highest BCUT2D eigenvalue weighted by atomic mass is 32.1. The van der Waals surface area contributed by atoms with Crippen LogP contribution in [0.25, 0.3) is 0 Å². The normalized spacial score (nSPS) is 10.6. The zero-order chi connectivity index (χ0) is 13.9. The third kappa shape index (κ3) is 6.73. The van der Waals surface area contributed by atoms with Crippen molar-refractivity contribution < 1.29 is 9.47 Å². The molecule has 1 aromatic rings. The van der Waals surface area contributed by atoms with Crippen LogP contribution < -0.4 is 4.74 Å². The summed E-state index contributed by atoms with van der Waals surface area (Å²) in [5, 5.41) is 0. The number of hydrogen-bond acceptors (Lipinski definition) is 3. The van der Waals surface area contributed by atoms with E-state index in [9.17, 15) is 0 Å². The lowest BCUT2D eigenvalue weighted by Crippen LogP contribution is -1.99. The predicted molar refractivity (Wildman–Crippen MR) is 81.4 cm³/mol. The summed E-state index contributed by atoms with van der Waals surface area (Å²) >= 11 is 5.17. The van der Waals surface area contributed by atoms with Crippen molar-refractivity contribution in [3.63, 3.8) is 0 Å². The number of aromatic nitrogens is 1. The van der Waals surface area contributed by atoms with Gasteiger partial charge in [-0.25, -0.2) is 0 Å². The Labute approximate surface area is 121 Å². The van der Waals surface area contributed by atoms with E-state index < -0.39 is 0 Å². The molecule has 19 heavy (non-hydrogen) atoms. The fraction of sp³-hybridized carbons (Fsp3) is 0.667. The summed E-state index contributed by atoms with van der Waals surface area (Å²) in [6.45, 7) is 3.65. The monoisotopic (exact) mass is 283 g/mol. The van der Waals surface area contributed by atoms with Gasteiger partial charge in [0, 0.05) is 25.5 Å². The second-order valence-corrected chi connectivity index (χ2v) is 5.17. The zero-order valence-corrected chi connectivity index (χ0v) is 12.9. The molecule has 0 aliphatic carbocycles. The van der Waals surface area contributed by atoms with Crippen LogP contribution in [0.4, 0.5) is 0 Å². The molecule has 1 rings (SSSR count). The molecule has 1 N–H and O–H groups in total. The minimum Gasteiger partial charge on any atom is -0.493 e. The molecule has 0 aromatic carbocycles. The summed E-state index contributed by atoms with van der Waals surface area (Å²) in [6, 6.07) is 1.94. The highest BCUT2D eigenvalue weighted by Crippen LogP contribution is 2.17. The van der Waals surface area contributed by atoms with E-state index in [1.54, 1.807) is 7.11 Å². The predicted octanol–water partition coefficient (Wildman–Crippen LogP) is 4.42. The van der Waals surface area contributed by atoms with E-state index in [0.717, 1.165) is 35.6 Å². The quantitative estimate of drug-likeness (QED) is 0.510. The Morgan fingerprint density at radius 1 is 1.05 bits per heavy atom. The van der Waals surface area contributed by atoms with Crippen LogP contribution in [0.1, 0.15) is 44.1 Å². The first-order valence-electron chi connectivity index (χ1n) is 7.05. The van der Waals surface area contributed by atoms with Gasteiger partial charge in [-0.15, -0.1) is 0 Å². The second-order valence-electron chi connectivity index (χ2n) is 4.76. The maximum atomic E-state index is 5.76. The number of hydrogen-bond donors (Lipinski definition) is 1. The number of methoxy groups -OCH3 is 1. The molecule has 0 saturated heterocycles. The molecule has 0 saturated carbocycles. The van der Waals surface area contributed by atoms with Gasteiger partial charge in [0.25, 0.3) is 0 Å². The van der Waals surface area contributed by atoms with E-state index in [1.165, 1.54) is 32.1 Å². The molecular formula is C15H25NO2S. The molecule has 108 valence electrons. The number of aromatic amines is 1. The standard InChI is InChI=1S/C15H25NO2S/c1-13-14(9-10-16-15(13)19)18-12-8-6-4-3-5-7-11-17-2/h9-10H,3-8,11-12H2,1-2H3,(H,16,19). The van der Waals surface area contributed by atoms with Crippen molar-refractivity contribution in [3.05, 3.63) is 22.5 Å². The highest BCUT2D eigenvalue weighted by Gasteiger charge is 2.00. The lowest BCUT2D eigenvalue weighted by atomic mass is 10.1. The Morgan fingerprint density at radius 2 is 1.68 bits per heavy atom. The van der Waals surface area contributed by atoms with Gasteiger partial charge in [-0.1, -0.05) is 37.9 Å². The molecule has 0 unspecified atom stereocenters. The van der Waals surface area contributed by atoms with E-state index >= 15 is 0 Å². The van der Waals surface area contributed by atoms with Crippen molar-refractivity contribution >= 4 is 12.2 Å². The number of ether oxygens (including phenoxy) is 2. The summed E-state index contributed by atoms with van der Waals surface area (Å²) < 4.78 is 11.5. The zero-order valence-electron chi connectivity index (χ0n) is 12.0. The van der Waals surface area contributed by atoms with Crippen molar-refractivity contribution in [1.29, 1.82) is 0 Å². The van der Waals surface area contributed by atoms with Crippen LogP contribution in [0.5, 0.6) is 5.75 Å². The molecule has 0 aliphatic rings. The van der Waals surface area contributed by atoms with Gasteiger partial charge in [-0.3, -0.25) is 0 Å². The van der Waals surface area contributed by atoms with Gasteiger partial charge >= 0.3 is 0 Å². The average Bonchev–Trinajstić information content (AvgIpc) is 2.41. The van der Waals surface area contributed by atoms with E-state index in [-0.39, 0.29) is 0 Å². The Balaban J connectivity index is 2.05. The van der Waals surface area contributed by atoms with Gasteiger partial charge in [0.15, 0.2) is 0 Å². The molecule has 0 aliphatic heterocycles. The first-order valence-corrected chi connectivity index (χ1v) is 7.46. The van der Waals surface area contributed by atoms with Crippen LogP contribution in [0.2, 0.25) is 0 Å². The van der Waals surface area contributed by atoms with Crippen molar-refractivity contribution in [3.8, 4) is 5.75 Å². The molecule has 0 fully saturated rings. The van der Waals surface area contributed by atoms with E-state index in [0.29, 0.717) is 0 Å². The molecule has 0 spiro atoms. The summed E-state index contributed by atoms with van der Waals surface area (Å²) in [4.78, 5) is 3.00. The van der Waals surface area contributed by atoms with Gasteiger partial charge in [0.2, 0.25) is 0 Å². The highest BCUT2D eigenvalue weighted by molar-refractivity contribution is 7.71. The minimum atomic E-state index is 0.760. The van der Waals surface area contributed by atoms with E-state index in [4.69, 9.17) is 21.7 Å². The first kappa shape index (κ1) is 16.2. The van der Waals surface area contributed by atoms with Crippen molar-refractivity contribution in [2.24, 2.45) is 0 Å². The molecular weight excluding hydrogens is 258 g/mol. The lowest BCUT2D eigenvalue weighted by Gasteiger charge is -2.08. The van der Waals surface area contributed by atoms with Crippen LogP contribution in [0.15, 0.2) is 12.3 Å². The van der Waals surface area contributed by atoms with Gasteiger partial charge < -0.3 is 14.5 Å². The lowest BCUT2D eigenvalue weighted by molar-refractivity contribution is 0.191. The fourth-order valence-electron chi connectivity index (χ4n) is 1.93. The van der Waals surface area contributed by atoms with Crippen LogP contribution in [0.3, 0.4) is 0 Å². The Morgan fingerprint density at radius 3 is 2.37 bits per heavy atom. The number of pyridine rings is 1. The molecule has 1 aromatic heterocycles. The molecule has 0 bridgehead atoms. The largest absolute Gasteiger partial charge is 0.493 e. The van der Waals surface area contributed by atoms with Gasteiger partial charge in [0.1, 0.15) is 10.4 Å². The average molecular weight is 283 g/mol. The van der Waals surface area contributed by atoms with Gasteiger partial charge in [0.05, 0.1) is 6.61 Å². The summed E-state index contributed by atoms with van der Waals surface area (Å²) in [7, 11) is 1.76. The smallest absolute Gasteiger partial charge is 0.126 e. The molecule has 0 atom stereocenters. The van der Waals surface area contributed by atoms with Crippen LogP contribution >= 0.6 is 12.2 Å². The minimum absolute atomic E-state index is 0.760. The van der Waals surface area contributed by atoms with Gasteiger partial charge in [-0.05, 0) is 25.8 Å². The van der Waals surface area contributed by atoms with Crippen LogP contribution in [0, 0.1) is 11.6 Å². The number of nitrogens with one attached hydrogen (secondary N) is 1. The fourth-order valence-corrected chi connectivity index (χ4v) is 2.10. The van der Waals surface area contributed by atoms with Crippen molar-refractivity contribution in [1.82, 2.24) is 4.98 Å². The third-order valence-electron chi connectivity index (χ3n) is 3.16. The third-order valence-corrected chi connectivity index (χ3v) is 3.58. The Bertz CT molecular complexity index is 403. The number of unbranched alkanes of at least 4 members (excludes halogenated alkanes) is 5. The molecule has 3 nitrogen and oxygen atoms in total. The summed E-state index contributed by atoms with van der Waals surface area (Å²) in [5.41, 5.74) is 1.03. The van der Waals surface area contributed by atoms with E-state index in [2.05, 4.69) is 4.98 Å². The van der Waals surface area contributed by atoms with Crippen LogP contribution in [-0.2, 0) is 4.74 Å².